The highest BCUT2D eigenvalue weighted by Gasteiger charge is 2.44. The highest BCUT2D eigenvalue weighted by atomic mass is 32.1. The second-order valence-corrected chi connectivity index (χ2v) is 7.27. The van der Waals surface area contributed by atoms with Crippen molar-refractivity contribution in [3.63, 3.8) is 0 Å². The van der Waals surface area contributed by atoms with Gasteiger partial charge in [-0.1, -0.05) is 50.2 Å². The van der Waals surface area contributed by atoms with Gasteiger partial charge in [0, 0.05) is 4.90 Å². The molecular weight excluding hydrogens is 260 g/mol. The summed E-state index contributed by atoms with van der Waals surface area (Å²) >= 11 is 4.32. The van der Waals surface area contributed by atoms with Crippen LogP contribution in [0.2, 0.25) is 0 Å². The third kappa shape index (κ3) is 3.27. The van der Waals surface area contributed by atoms with Gasteiger partial charge in [0.1, 0.15) is 0 Å². The summed E-state index contributed by atoms with van der Waals surface area (Å²) in [6, 6.07) is 17.6. The van der Waals surface area contributed by atoms with E-state index < -0.39 is 0 Å². The van der Waals surface area contributed by atoms with Crippen molar-refractivity contribution < 1.29 is 0 Å². The molecule has 0 spiro atoms. The Morgan fingerprint density at radius 2 is 1.35 bits per heavy atom. The molecule has 0 radical (unpaired) electrons. The predicted molar refractivity (Wildman–Crippen MR) is 88.5 cm³/mol. The quantitative estimate of drug-likeness (QED) is 0.736. The average Bonchev–Trinajstić information content (AvgIpc) is 3.02. The van der Waals surface area contributed by atoms with Gasteiger partial charge in [0.05, 0.1) is 0 Å². The molecule has 1 atom stereocenters. The highest BCUT2D eigenvalue weighted by molar-refractivity contribution is 7.80. The third-order valence-corrected chi connectivity index (χ3v) is 4.87. The average molecular weight is 282 g/mol. The second kappa shape index (κ2) is 5.29. The maximum absolute atomic E-state index is 4.32. The zero-order valence-corrected chi connectivity index (χ0v) is 13.2. The number of thiol groups is 1. The van der Waals surface area contributed by atoms with Gasteiger partial charge in [-0.3, -0.25) is 0 Å². The standard InChI is InChI=1S/C19H22S/c1-19(2)13-17(19)12-16-5-3-14(4-6-16)11-15-7-9-18(20)10-8-15/h3-10,17,20H,11-13H2,1-2H3. The van der Waals surface area contributed by atoms with Crippen LogP contribution in [-0.2, 0) is 12.8 Å². The first-order valence-electron chi connectivity index (χ1n) is 7.39. The number of benzene rings is 2. The molecule has 1 unspecified atom stereocenters. The third-order valence-electron chi connectivity index (χ3n) is 4.57. The maximum atomic E-state index is 4.32. The molecule has 0 nitrogen and oxygen atoms in total. The first kappa shape index (κ1) is 13.8. The van der Waals surface area contributed by atoms with E-state index in [1.807, 2.05) is 0 Å². The summed E-state index contributed by atoms with van der Waals surface area (Å²) in [5.74, 6) is 0.885. The Morgan fingerprint density at radius 1 is 0.900 bits per heavy atom. The van der Waals surface area contributed by atoms with Gasteiger partial charge in [0.25, 0.3) is 0 Å². The largest absolute Gasteiger partial charge is 0.143 e. The molecule has 20 heavy (non-hydrogen) atoms. The summed E-state index contributed by atoms with van der Waals surface area (Å²) in [4.78, 5) is 1.02. The zero-order chi connectivity index (χ0) is 14.2. The summed E-state index contributed by atoms with van der Waals surface area (Å²) in [6.45, 7) is 4.74. The molecule has 104 valence electrons. The van der Waals surface area contributed by atoms with Crippen LogP contribution in [0.5, 0.6) is 0 Å². The molecule has 3 rings (SSSR count). The Bertz CT molecular complexity index is 578. The van der Waals surface area contributed by atoms with Crippen molar-refractivity contribution in [3.8, 4) is 0 Å². The van der Waals surface area contributed by atoms with Crippen LogP contribution in [0.25, 0.3) is 0 Å². The first-order chi connectivity index (χ1) is 9.53. The van der Waals surface area contributed by atoms with Crippen LogP contribution in [0.1, 0.15) is 37.0 Å². The Morgan fingerprint density at radius 3 is 1.85 bits per heavy atom. The molecule has 0 aliphatic heterocycles. The van der Waals surface area contributed by atoms with Crippen LogP contribution in [0.4, 0.5) is 0 Å². The number of rotatable bonds is 4. The van der Waals surface area contributed by atoms with E-state index >= 15 is 0 Å². The van der Waals surface area contributed by atoms with Crippen LogP contribution in [0, 0.1) is 11.3 Å². The summed E-state index contributed by atoms with van der Waals surface area (Å²) in [5, 5.41) is 0. The van der Waals surface area contributed by atoms with Gasteiger partial charge < -0.3 is 0 Å². The molecule has 1 heteroatoms. The van der Waals surface area contributed by atoms with Gasteiger partial charge in [0.2, 0.25) is 0 Å². The van der Waals surface area contributed by atoms with E-state index in [0.29, 0.717) is 5.41 Å². The SMILES string of the molecule is CC1(C)CC1Cc1ccc(Cc2ccc(S)cc2)cc1. The summed E-state index contributed by atoms with van der Waals surface area (Å²) in [6.07, 6.45) is 3.62. The Hall–Kier alpha value is -1.21. The van der Waals surface area contributed by atoms with Crippen LogP contribution in [0.3, 0.4) is 0 Å². The van der Waals surface area contributed by atoms with Crippen molar-refractivity contribution in [2.45, 2.75) is 38.0 Å². The summed E-state index contributed by atoms with van der Waals surface area (Å²) < 4.78 is 0. The normalized spacial score (nSPS) is 19.9. The van der Waals surface area contributed by atoms with Gasteiger partial charge >= 0.3 is 0 Å². The molecule has 1 aliphatic rings. The molecule has 0 saturated heterocycles. The van der Waals surface area contributed by atoms with Crippen molar-refractivity contribution in [3.05, 3.63) is 65.2 Å². The second-order valence-electron chi connectivity index (χ2n) is 6.75. The summed E-state index contributed by atoms with van der Waals surface area (Å²) in [5.41, 5.74) is 4.79. The van der Waals surface area contributed by atoms with E-state index in [9.17, 15) is 0 Å². The fourth-order valence-electron chi connectivity index (χ4n) is 2.85. The number of hydrogen-bond donors (Lipinski definition) is 1. The van der Waals surface area contributed by atoms with Crippen LogP contribution in [0.15, 0.2) is 53.4 Å². The predicted octanol–water partition coefficient (Wildman–Crippen LogP) is 5.15. The van der Waals surface area contributed by atoms with E-state index in [0.717, 1.165) is 17.2 Å². The van der Waals surface area contributed by atoms with Gasteiger partial charge in [-0.05, 0) is 59.4 Å². The molecule has 0 heterocycles. The van der Waals surface area contributed by atoms with Gasteiger partial charge in [-0.25, -0.2) is 0 Å². The smallest absolute Gasteiger partial charge is 0.00401 e. The molecule has 1 saturated carbocycles. The molecule has 1 aliphatic carbocycles. The maximum Gasteiger partial charge on any atom is 0.00401 e. The molecule has 0 amide bonds. The van der Waals surface area contributed by atoms with Crippen molar-refractivity contribution in [1.82, 2.24) is 0 Å². The monoisotopic (exact) mass is 282 g/mol. The lowest BCUT2D eigenvalue weighted by molar-refractivity contribution is 0.557. The van der Waals surface area contributed by atoms with E-state index in [1.165, 1.54) is 29.5 Å². The zero-order valence-electron chi connectivity index (χ0n) is 12.3. The summed E-state index contributed by atoms with van der Waals surface area (Å²) in [7, 11) is 0. The van der Waals surface area contributed by atoms with Crippen molar-refractivity contribution in [2.75, 3.05) is 0 Å². The molecule has 0 bridgehead atoms. The molecule has 1 fully saturated rings. The van der Waals surface area contributed by atoms with E-state index in [1.54, 1.807) is 0 Å². The van der Waals surface area contributed by atoms with Crippen LogP contribution < -0.4 is 0 Å². The lowest BCUT2D eigenvalue weighted by Crippen LogP contribution is -1.95. The van der Waals surface area contributed by atoms with E-state index in [2.05, 4.69) is 75.0 Å². The van der Waals surface area contributed by atoms with Crippen LogP contribution >= 0.6 is 12.6 Å². The fourth-order valence-corrected chi connectivity index (χ4v) is 3.00. The van der Waals surface area contributed by atoms with Gasteiger partial charge in [-0.2, -0.15) is 0 Å². The lowest BCUT2D eigenvalue weighted by atomic mass is 9.99. The Labute approximate surface area is 127 Å². The van der Waals surface area contributed by atoms with E-state index in [4.69, 9.17) is 0 Å². The molecule has 2 aromatic rings. The highest BCUT2D eigenvalue weighted by Crippen LogP contribution is 2.53. The van der Waals surface area contributed by atoms with Gasteiger partial charge in [0.15, 0.2) is 0 Å². The minimum absolute atomic E-state index is 0.577. The lowest BCUT2D eigenvalue weighted by Gasteiger charge is -2.06. The minimum Gasteiger partial charge on any atom is -0.143 e. The minimum atomic E-state index is 0.577. The fraction of sp³-hybridized carbons (Fsp3) is 0.368. The van der Waals surface area contributed by atoms with Crippen molar-refractivity contribution in [1.29, 1.82) is 0 Å². The van der Waals surface area contributed by atoms with E-state index in [-0.39, 0.29) is 0 Å². The first-order valence-corrected chi connectivity index (χ1v) is 7.83. The topological polar surface area (TPSA) is 0 Å². The number of hydrogen-bond acceptors (Lipinski definition) is 1. The molecule has 0 N–H and O–H groups in total. The Balaban J connectivity index is 1.62. The van der Waals surface area contributed by atoms with Crippen molar-refractivity contribution >= 4 is 12.6 Å². The van der Waals surface area contributed by atoms with Crippen molar-refractivity contribution in [2.24, 2.45) is 11.3 Å². The molecule has 2 aromatic carbocycles. The Kier molecular flexibility index (Phi) is 3.64. The molecule has 0 aromatic heterocycles. The van der Waals surface area contributed by atoms with Gasteiger partial charge in [-0.15, -0.1) is 12.6 Å². The molecular formula is C19H22S. The van der Waals surface area contributed by atoms with Crippen LogP contribution in [-0.4, -0.2) is 0 Å².